The summed E-state index contributed by atoms with van der Waals surface area (Å²) in [4.78, 5) is 12.9. The number of rotatable bonds is 7. The molecule has 27 heavy (non-hydrogen) atoms. The van der Waals surface area contributed by atoms with E-state index in [9.17, 15) is 9.90 Å². The number of aliphatic carboxylic acids is 1. The average Bonchev–Trinajstić information content (AvgIpc) is 2.71. The number of carboxylic acids is 1. The average molecular weight is 368 g/mol. The van der Waals surface area contributed by atoms with Crippen molar-refractivity contribution in [3.8, 4) is 11.5 Å². The topological polar surface area (TPSA) is 77.4 Å². The Morgan fingerprint density at radius 2 is 1.74 bits per heavy atom. The molecule has 0 spiro atoms. The molecule has 142 valence electrons. The lowest BCUT2D eigenvalue weighted by Gasteiger charge is -2.35. The first-order valence-electron chi connectivity index (χ1n) is 8.76. The zero-order valence-electron chi connectivity index (χ0n) is 15.2. The monoisotopic (exact) mass is 368 g/mol. The van der Waals surface area contributed by atoms with Gasteiger partial charge < -0.3 is 24.3 Å². The predicted octanol–water partition coefficient (Wildman–Crippen LogP) is 0.980. The smallest absolute Gasteiger partial charge is 0.142 e. The first-order valence-corrected chi connectivity index (χ1v) is 8.76. The Morgan fingerprint density at radius 3 is 2.44 bits per heavy atom. The van der Waals surface area contributed by atoms with Gasteiger partial charge in [-0.1, -0.05) is 24.3 Å². The molecule has 0 amide bonds. The van der Waals surface area contributed by atoms with E-state index in [1.807, 2.05) is 35.3 Å². The molecule has 0 aromatic heterocycles. The van der Waals surface area contributed by atoms with Crippen LogP contribution in [-0.4, -0.2) is 57.1 Å². The van der Waals surface area contributed by atoms with Crippen molar-refractivity contribution in [1.29, 1.82) is 0 Å². The van der Waals surface area contributed by atoms with E-state index in [1.54, 1.807) is 25.5 Å². The van der Waals surface area contributed by atoms with Gasteiger partial charge >= 0.3 is 0 Å². The molecule has 1 fully saturated rings. The number of benzene rings is 2. The number of para-hydroxylation sites is 3. The highest BCUT2D eigenvalue weighted by molar-refractivity contribution is 5.83. The summed E-state index contributed by atoms with van der Waals surface area (Å²) in [5, 5.41) is 17.1. The molecule has 0 aliphatic carbocycles. The first-order chi connectivity index (χ1) is 13.2. The summed E-state index contributed by atoms with van der Waals surface area (Å²) in [6.45, 7) is 2.73. The Morgan fingerprint density at radius 1 is 1.07 bits per heavy atom. The molecule has 0 unspecified atom stereocenters. The van der Waals surface area contributed by atoms with Crippen LogP contribution in [0.15, 0.2) is 53.6 Å². The Hall–Kier alpha value is -3.22. The fourth-order valence-corrected chi connectivity index (χ4v) is 2.94. The van der Waals surface area contributed by atoms with Crippen LogP contribution in [0, 0.1) is 0 Å². The fraction of sp³-hybridized carbons (Fsp3) is 0.300. The molecule has 3 rings (SSSR count). The van der Waals surface area contributed by atoms with Crippen LogP contribution in [0.4, 0.5) is 5.69 Å². The maximum atomic E-state index is 10.6. The van der Waals surface area contributed by atoms with Crippen molar-refractivity contribution in [3.05, 3.63) is 54.1 Å². The van der Waals surface area contributed by atoms with Crippen molar-refractivity contribution in [2.75, 3.05) is 44.8 Å². The molecule has 7 heteroatoms. The van der Waals surface area contributed by atoms with Crippen LogP contribution in [0.3, 0.4) is 0 Å². The summed E-state index contributed by atoms with van der Waals surface area (Å²) in [7, 11) is 1.68. The maximum Gasteiger partial charge on any atom is 0.142 e. The molecule has 0 radical (unpaired) electrons. The number of piperazine rings is 1. The first kappa shape index (κ1) is 18.6. The summed E-state index contributed by atoms with van der Waals surface area (Å²) in [6.07, 6.45) is 1.70. The van der Waals surface area contributed by atoms with Gasteiger partial charge in [0.25, 0.3) is 0 Å². The molecule has 7 nitrogen and oxygen atoms in total. The molecule has 0 atom stereocenters. The third-order valence-corrected chi connectivity index (χ3v) is 4.31. The highest BCUT2D eigenvalue weighted by atomic mass is 16.5. The number of carboxylic acid groups (broad SMARTS) is 1. The second kappa shape index (κ2) is 8.93. The van der Waals surface area contributed by atoms with Gasteiger partial charge in [0.1, 0.15) is 18.1 Å². The van der Waals surface area contributed by atoms with Gasteiger partial charge in [0.15, 0.2) is 0 Å². The number of hydrazone groups is 1. The second-order valence-electron chi connectivity index (χ2n) is 6.06. The molecule has 2 aromatic rings. The minimum Gasteiger partial charge on any atom is -0.546 e. The molecular formula is C20H22N3O4-. The fourth-order valence-electron chi connectivity index (χ4n) is 2.94. The predicted molar refractivity (Wildman–Crippen MR) is 101 cm³/mol. The number of hydrogen-bond acceptors (Lipinski definition) is 7. The lowest BCUT2D eigenvalue weighted by molar-refractivity contribution is -0.307. The summed E-state index contributed by atoms with van der Waals surface area (Å²) in [5.41, 5.74) is 1.82. The minimum absolute atomic E-state index is 0.470. The van der Waals surface area contributed by atoms with E-state index >= 15 is 0 Å². The number of nitrogens with zero attached hydrogens (tertiary/aromatic N) is 3. The lowest BCUT2D eigenvalue weighted by Crippen LogP contribution is -2.44. The van der Waals surface area contributed by atoms with Gasteiger partial charge in [0.05, 0.1) is 38.1 Å². The van der Waals surface area contributed by atoms with E-state index in [1.165, 1.54) is 0 Å². The largest absolute Gasteiger partial charge is 0.546 e. The van der Waals surface area contributed by atoms with Crippen LogP contribution >= 0.6 is 0 Å². The SMILES string of the molecule is COc1ccccc1N1CCN(/N=C\c2ccccc2OCC(=O)[O-])CC1. The molecule has 0 saturated carbocycles. The number of ether oxygens (including phenoxy) is 2. The van der Waals surface area contributed by atoms with E-state index < -0.39 is 12.6 Å². The Kier molecular flexibility index (Phi) is 6.14. The quantitative estimate of drug-likeness (QED) is 0.678. The van der Waals surface area contributed by atoms with Crippen molar-refractivity contribution in [2.45, 2.75) is 0 Å². The molecule has 1 saturated heterocycles. The molecule has 1 heterocycles. The van der Waals surface area contributed by atoms with E-state index in [2.05, 4.69) is 16.1 Å². The molecule has 1 aliphatic heterocycles. The van der Waals surface area contributed by atoms with Gasteiger partial charge in [-0.2, -0.15) is 5.10 Å². The van der Waals surface area contributed by atoms with Gasteiger partial charge in [-0.15, -0.1) is 0 Å². The van der Waals surface area contributed by atoms with Crippen molar-refractivity contribution in [2.24, 2.45) is 5.10 Å². The molecule has 1 aliphatic rings. The highest BCUT2D eigenvalue weighted by Gasteiger charge is 2.18. The van der Waals surface area contributed by atoms with Gasteiger partial charge in [-0.05, 0) is 24.3 Å². The third kappa shape index (κ3) is 4.91. The van der Waals surface area contributed by atoms with E-state index in [0.717, 1.165) is 43.2 Å². The minimum atomic E-state index is -1.26. The normalized spacial score (nSPS) is 14.4. The molecular weight excluding hydrogens is 346 g/mol. The Bertz CT molecular complexity index is 801. The van der Waals surface area contributed by atoms with Gasteiger partial charge in [0, 0.05) is 18.7 Å². The highest BCUT2D eigenvalue weighted by Crippen LogP contribution is 2.28. The lowest BCUT2D eigenvalue weighted by atomic mass is 10.2. The summed E-state index contributed by atoms with van der Waals surface area (Å²) >= 11 is 0. The second-order valence-corrected chi connectivity index (χ2v) is 6.06. The number of methoxy groups -OCH3 is 1. The summed E-state index contributed by atoms with van der Waals surface area (Å²) in [6, 6.07) is 15.2. The van der Waals surface area contributed by atoms with Crippen LogP contribution in [0.25, 0.3) is 0 Å². The molecule has 0 N–H and O–H groups in total. The van der Waals surface area contributed by atoms with E-state index in [4.69, 9.17) is 9.47 Å². The number of anilines is 1. The van der Waals surface area contributed by atoms with Crippen LogP contribution < -0.4 is 19.5 Å². The van der Waals surface area contributed by atoms with Crippen LogP contribution in [0.1, 0.15) is 5.56 Å². The molecule has 0 bridgehead atoms. The Labute approximate surface area is 158 Å². The standard InChI is InChI=1S/C20H23N3O4/c1-26-19-9-5-3-7-17(19)22-10-12-23(13-11-22)21-14-16-6-2-4-8-18(16)27-15-20(24)25/h2-9,14H,10-13,15H2,1H3,(H,24,25)/p-1/b21-14-. The van der Waals surface area contributed by atoms with Crippen molar-refractivity contribution in [3.63, 3.8) is 0 Å². The van der Waals surface area contributed by atoms with Crippen molar-refractivity contribution >= 4 is 17.9 Å². The van der Waals surface area contributed by atoms with E-state index in [0.29, 0.717) is 5.75 Å². The number of hydrogen-bond donors (Lipinski definition) is 0. The van der Waals surface area contributed by atoms with Gasteiger partial charge in [-0.3, -0.25) is 5.01 Å². The number of carbonyl (C=O) groups excluding carboxylic acids is 1. The van der Waals surface area contributed by atoms with Crippen molar-refractivity contribution in [1.82, 2.24) is 5.01 Å². The third-order valence-electron chi connectivity index (χ3n) is 4.31. The maximum absolute atomic E-state index is 10.6. The van der Waals surface area contributed by atoms with Crippen LogP contribution in [0.5, 0.6) is 11.5 Å². The zero-order chi connectivity index (χ0) is 19.1. The van der Waals surface area contributed by atoms with Gasteiger partial charge in [0.2, 0.25) is 0 Å². The zero-order valence-corrected chi connectivity index (χ0v) is 15.2. The van der Waals surface area contributed by atoms with Crippen LogP contribution in [-0.2, 0) is 4.79 Å². The molecule has 2 aromatic carbocycles. The van der Waals surface area contributed by atoms with Crippen molar-refractivity contribution < 1.29 is 19.4 Å². The Balaban J connectivity index is 1.60. The summed E-state index contributed by atoms with van der Waals surface area (Å²) < 4.78 is 10.7. The summed E-state index contributed by atoms with van der Waals surface area (Å²) in [5.74, 6) is 0.0840. The van der Waals surface area contributed by atoms with Crippen LogP contribution in [0.2, 0.25) is 0 Å². The van der Waals surface area contributed by atoms with Gasteiger partial charge in [-0.25, -0.2) is 0 Å². The number of carbonyl (C=O) groups is 1. The van der Waals surface area contributed by atoms with E-state index in [-0.39, 0.29) is 0 Å².